The number of nitrogens with two attached hydrogens (primary N) is 1. The summed E-state index contributed by atoms with van der Waals surface area (Å²) < 4.78 is 8.83. The van der Waals surface area contributed by atoms with E-state index in [4.69, 9.17) is 22.2 Å². The van der Waals surface area contributed by atoms with Crippen LogP contribution in [0.3, 0.4) is 0 Å². The van der Waals surface area contributed by atoms with E-state index in [2.05, 4.69) is 15.2 Å². The first kappa shape index (κ1) is 25.3. The van der Waals surface area contributed by atoms with Gasteiger partial charge in [0.15, 0.2) is 0 Å². The van der Waals surface area contributed by atoms with Gasteiger partial charge in [0.1, 0.15) is 17.2 Å². The Morgan fingerprint density at radius 2 is 1.70 bits per heavy atom. The number of carbonyl (C=O) groups is 1. The van der Waals surface area contributed by atoms with Crippen LogP contribution >= 0.6 is 11.6 Å². The maximum atomic E-state index is 13.1. The number of hydrogen-bond donors (Lipinski definition) is 1. The number of ether oxygens (including phenoxy) is 1. The zero-order valence-corrected chi connectivity index (χ0v) is 20.2. The molecule has 37 heavy (non-hydrogen) atoms. The highest BCUT2D eigenvalue weighted by Crippen LogP contribution is 2.24. The molecule has 0 fully saturated rings. The standard InChI is InChI=1S/C24H20ClN7O5/c1-2-30-23(34)31(14-15-3-5-16(25)6-4-15)22(32(26)24(30)35)28-17-7-9-18(10-8-17)37-19-11-12-27-20(13-19)21(33)29-36/h3-13H,2,14,26H2,1H3. The van der Waals surface area contributed by atoms with E-state index in [0.29, 0.717) is 16.5 Å². The first-order valence-corrected chi connectivity index (χ1v) is 11.3. The van der Waals surface area contributed by atoms with E-state index in [1.807, 2.05) is 0 Å². The normalized spacial score (nSPS) is 11.4. The second-order valence-electron chi connectivity index (χ2n) is 7.67. The van der Waals surface area contributed by atoms with Crippen molar-refractivity contribution in [2.75, 3.05) is 5.84 Å². The molecule has 4 rings (SSSR count). The van der Waals surface area contributed by atoms with Crippen LogP contribution < -0.4 is 27.6 Å². The van der Waals surface area contributed by atoms with Crippen molar-refractivity contribution >= 4 is 23.2 Å². The Morgan fingerprint density at radius 3 is 2.35 bits per heavy atom. The van der Waals surface area contributed by atoms with Crippen molar-refractivity contribution in [3.8, 4) is 11.5 Å². The molecule has 2 N–H and O–H groups in total. The molecule has 12 nitrogen and oxygen atoms in total. The van der Waals surface area contributed by atoms with Gasteiger partial charge in [0.05, 0.1) is 12.2 Å². The maximum absolute atomic E-state index is 13.1. The van der Waals surface area contributed by atoms with Gasteiger partial charge >= 0.3 is 17.3 Å². The maximum Gasteiger partial charge on any atom is 0.353 e. The fourth-order valence-electron chi connectivity index (χ4n) is 3.43. The lowest BCUT2D eigenvalue weighted by Crippen LogP contribution is -2.57. The number of hydrogen-bond acceptors (Lipinski definition) is 8. The number of rotatable bonds is 7. The number of aromatic nitrogens is 4. The van der Waals surface area contributed by atoms with Crippen molar-refractivity contribution in [2.45, 2.75) is 20.0 Å². The van der Waals surface area contributed by atoms with Gasteiger partial charge in [0, 0.05) is 29.0 Å². The van der Waals surface area contributed by atoms with Crippen LogP contribution in [0.1, 0.15) is 23.0 Å². The summed E-state index contributed by atoms with van der Waals surface area (Å²) in [6, 6.07) is 16.1. The molecule has 0 spiro atoms. The van der Waals surface area contributed by atoms with Crippen LogP contribution in [0.4, 0.5) is 5.69 Å². The van der Waals surface area contributed by atoms with Gasteiger partial charge in [0.25, 0.3) is 0 Å². The number of halogens is 1. The lowest BCUT2D eigenvalue weighted by Gasteiger charge is -2.13. The average Bonchev–Trinajstić information content (AvgIpc) is 2.91. The van der Waals surface area contributed by atoms with E-state index < -0.39 is 17.3 Å². The molecule has 0 aliphatic rings. The molecular weight excluding hydrogens is 502 g/mol. The zero-order valence-electron chi connectivity index (χ0n) is 19.4. The topological polar surface area (TPSA) is 156 Å². The van der Waals surface area contributed by atoms with Crippen molar-refractivity contribution in [1.82, 2.24) is 18.8 Å². The summed E-state index contributed by atoms with van der Waals surface area (Å²) in [4.78, 5) is 55.9. The molecule has 0 atom stereocenters. The largest absolute Gasteiger partial charge is 0.457 e. The van der Waals surface area contributed by atoms with Gasteiger partial charge in [-0.05, 0) is 55.0 Å². The summed E-state index contributed by atoms with van der Waals surface area (Å²) in [6.07, 6.45) is 1.32. The fraction of sp³-hybridized carbons (Fsp3) is 0.125. The van der Waals surface area contributed by atoms with Gasteiger partial charge in [-0.2, -0.15) is 4.68 Å². The van der Waals surface area contributed by atoms with Gasteiger partial charge in [-0.1, -0.05) is 23.7 Å². The molecule has 188 valence electrons. The molecule has 0 bridgehead atoms. The Labute approximate surface area is 213 Å². The number of amides is 1. The molecule has 0 aliphatic carbocycles. The Morgan fingerprint density at radius 1 is 1.00 bits per heavy atom. The highest BCUT2D eigenvalue weighted by molar-refractivity contribution is 6.30. The highest BCUT2D eigenvalue weighted by atomic mass is 35.5. The molecule has 2 heterocycles. The van der Waals surface area contributed by atoms with Crippen LogP contribution in [0.25, 0.3) is 0 Å². The van der Waals surface area contributed by atoms with Gasteiger partial charge in [-0.3, -0.25) is 14.3 Å². The molecule has 0 aliphatic heterocycles. The summed E-state index contributed by atoms with van der Waals surface area (Å²) in [6.45, 7) is 1.90. The third kappa shape index (κ3) is 5.54. The summed E-state index contributed by atoms with van der Waals surface area (Å²) in [5, 5.41) is 2.89. The number of pyridine rings is 1. The molecule has 13 heteroatoms. The molecule has 0 saturated carbocycles. The van der Waals surface area contributed by atoms with E-state index in [-0.39, 0.29) is 30.2 Å². The quantitative estimate of drug-likeness (QED) is 0.289. The molecule has 0 saturated heterocycles. The van der Waals surface area contributed by atoms with Crippen molar-refractivity contribution in [3.63, 3.8) is 0 Å². The minimum absolute atomic E-state index is 0.0537. The molecule has 0 radical (unpaired) electrons. The van der Waals surface area contributed by atoms with Crippen molar-refractivity contribution in [1.29, 1.82) is 0 Å². The van der Waals surface area contributed by atoms with E-state index in [9.17, 15) is 19.3 Å². The average molecular weight is 522 g/mol. The van der Waals surface area contributed by atoms with Crippen LogP contribution in [0, 0.1) is 4.91 Å². The lowest BCUT2D eigenvalue weighted by molar-refractivity contribution is 0.0995. The first-order valence-electron chi connectivity index (χ1n) is 10.9. The van der Waals surface area contributed by atoms with Crippen LogP contribution in [-0.2, 0) is 13.1 Å². The third-order valence-corrected chi connectivity index (χ3v) is 5.51. The highest BCUT2D eigenvalue weighted by Gasteiger charge is 2.13. The molecule has 2 aromatic carbocycles. The minimum Gasteiger partial charge on any atom is -0.457 e. The predicted octanol–water partition coefficient (Wildman–Crippen LogP) is 2.57. The van der Waals surface area contributed by atoms with Crippen molar-refractivity contribution < 1.29 is 9.53 Å². The summed E-state index contributed by atoms with van der Waals surface area (Å²) in [5.74, 6) is 5.71. The van der Waals surface area contributed by atoms with Crippen LogP contribution in [-0.4, -0.2) is 24.7 Å². The smallest absolute Gasteiger partial charge is 0.353 e. The Balaban J connectivity index is 1.72. The van der Waals surface area contributed by atoms with Crippen molar-refractivity contribution in [2.24, 2.45) is 10.2 Å². The number of nitrogens with zero attached hydrogens (tertiary/aromatic N) is 6. The number of nitroso groups, excluding NO2 is 1. The Kier molecular flexibility index (Phi) is 7.39. The van der Waals surface area contributed by atoms with Gasteiger partial charge in [-0.15, -0.1) is 4.91 Å². The van der Waals surface area contributed by atoms with Gasteiger partial charge in [-0.25, -0.2) is 19.1 Å². The summed E-state index contributed by atoms with van der Waals surface area (Å²) in [5.41, 5.74) is -0.315. The molecule has 4 aromatic rings. The summed E-state index contributed by atoms with van der Waals surface area (Å²) >= 11 is 5.97. The summed E-state index contributed by atoms with van der Waals surface area (Å²) in [7, 11) is 0. The number of benzene rings is 2. The van der Waals surface area contributed by atoms with E-state index >= 15 is 0 Å². The fourth-order valence-corrected chi connectivity index (χ4v) is 3.56. The predicted molar refractivity (Wildman–Crippen MR) is 135 cm³/mol. The first-order chi connectivity index (χ1) is 17.8. The molecule has 1 amide bonds. The molecule has 0 unspecified atom stereocenters. The third-order valence-electron chi connectivity index (χ3n) is 5.26. The second kappa shape index (κ2) is 10.8. The van der Waals surface area contributed by atoms with Gasteiger partial charge < -0.3 is 10.6 Å². The van der Waals surface area contributed by atoms with E-state index in [1.54, 1.807) is 55.5 Å². The van der Waals surface area contributed by atoms with Gasteiger partial charge in [0.2, 0.25) is 5.62 Å². The minimum atomic E-state index is -1.01. The lowest BCUT2D eigenvalue weighted by atomic mass is 10.2. The van der Waals surface area contributed by atoms with Crippen molar-refractivity contribution in [3.05, 3.63) is 115 Å². The van der Waals surface area contributed by atoms with E-state index in [0.717, 1.165) is 14.8 Å². The molecular formula is C24H20ClN7O5. The van der Waals surface area contributed by atoms with Crippen LogP contribution in [0.15, 0.2) is 86.6 Å². The SMILES string of the molecule is CCn1c(=O)n(N)c(=Nc2ccc(Oc3ccnc(C(=O)N=O)c3)cc2)n(Cc2ccc(Cl)cc2)c1=O. The second-order valence-corrected chi connectivity index (χ2v) is 8.11. The number of nitrogen functional groups attached to an aromatic ring is 1. The molecule has 2 aromatic heterocycles. The van der Waals surface area contributed by atoms with E-state index in [1.165, 1.54) is 22.9 Å². The number of carbonyl (C=O) groups excluding carboxylic acids is 1. The zero-order chi connectivity index (χ0) is 26.5. The monoisotopic (exact) mass is 521 g/mol. The Bertz CT molecular complexity index is 1660. The Hall–Kier alpha value is -4.84. The van der Waals surface area contributed by atoms with Crippen LogP contribution in [0.2, 0.25) is 5.02 Å². The van der Waals surface area contributed by atoms with Crippen LogP contribution in [0.5, 0.6) is 11.5 Å².